The van der Waals surface area contributed by atoms with Crippen LogP contribution in [0, 0.1) is 0 Å². The van der Waals surface area contributed by atoms with Crippen molar-refractivity contribution in [1.29, 1.82) is 0 Å². The van der Waals surface area contributed by atoms with Crippen LogP contribution in [-0.4, -0.2) is 43.1 Å². The monoisotopic (exact) mass is 531 g/mol. The Bertz CT molecular complexity index is 1200. The fourth-order valence-corrected chi connectivity index (χ4v) is 4.66. The summed E-state index contributed by atoms with van der Waals surface area (Å²) in [7, 11) is 0. The maximum Gasteiger partial charge on any atom is 0.338 e. The number of amides is 1. The third-order valence-corrected chi connectivity index (χ3v) is 6.95. The van der Waals surface area contributed by atoms with Crippen molar-refractivity contribution < 1.29 is 19.1 Å². The van der Waals surface area contributed by atoms with Crippen molar-refractivity contribution in [3.05, 3.63) is 105 Å². The molecule has 1 amide bonds. The number of rotatable bonds is 7. The second-order valence-electron chi connectivity index (χ2n) is 8.35. The minimum atomic E-state index is -0.909. The highest BCUT2D eigenvalue weighted by Gasteiger charge is 2.40. The molecule has 0 bridgehead atoms. The summed E-state index contributed by atoms with van der Waals surface area (Å²) < 4.78 is 11.8. The van der Waals surface area contributed by atoms with Crippen molar-refractivity contribution in [3.8, 4) is 0 Å². The molecule has 4 rings (SSSR count). The quantitative estimate of drug-likeness (QED) is 0.341. The average molecular weight is 533 g/mol. The first-order valence-corrected chi connectivity index (χ1v) is 12.3. The van der Waals surface area contributed by atoms with Crippen LogP contribution in [0.2, 0.25) is 15.1 Å². The molecule has 3 aromatic carbocycles. The SMILES string of the molecule is O=C(OCCC1(c2ccc(Cl)c(Cl)c2)CN(C(=O)Cc2cccc(Cl)c2)CCO1)c1ccccc1. The highest BCUT2D eigenvalue weighted by molar-refractivity contribution is 6.42. The van der Waals surface area contributed by atoms with Crippen LogP contribution in [0.5, 0.6) is 0 Å². The predicted molar refractivity (Wildman–Crippen MR) is 137 cm³/mol. The molecule has 0 spiro atoms. The number of benzene rings is 3. The third kappa shape index (κ3) is 6.36. The van der Waals surface area contributed by atoms with Crippen LogP contribution in [0.4, 0.5) is 0 Å². The lowest BCUT2D eigenvalue weighted by Crippen LogP contribution is -2.52. The van der Waals surface area contributed by atoms with E-state index >= 15 is 0 Å². The van der Waals surface area contributed by atoms with Crippen LogP contribution in [-0.2, 0) is 26.3 Å². The van der Waals surface area contributed by atoms with Gasteiger partial charge in [-0.05, 0) is 47.5 Å². The van der Waals surface area contributed by atoms with Crippen molar-refractivity contribution in [2.45, 2.75) is 18.4 Å². The van der Waals surface area contributed by atoms with E-state index in [-0.39, 0.29) is 25.5 Å². The van der Waals surface area contributed by atoms with Crippen LogP contribution in [0.3, 0.4) is 0 Å². The minimum absolute atomic E-state index is 0.0405. The van der Waals surface area contributed by atoms with Gasteiger partial charge in [0.25, 0.3) is 0 Å². The molecule has 0 saturated carbocycles. The lowest BCUT2D eigenvalue weighted by molar-refractivity contribution is -0.155. The molecule has 35 heavy (non-hydrogen) atoms. The smallest absolute Gasteiger partial charge is 0.338 e. The Hall–Kier alpha value is -2.57. The fourth-order valence-electron chi connectivity index (χ4n) is 4.15. The Balaban J connectivity index is 1.53. The molecule has 1 aliphatic heterocycles. The average Bonchev–Trinajstić information content (AvgIpc) is 2.86. The summed E-state index contributed by atoms with van der Waals surface area (Å²) >= 11 is 18.5. The molecule has 0 aromatic heterocycles. The summed E-state index contributed by atoms with van der Waals surface area (Å²) in [5.41, 5.74) is 1.17. The first-order valence-electron chi connectivity index (χ1n) is 11.2. The largest absolute Gasteiger partial charge is 0.462 e. The van der Waals surface area contributed by atoms with Crippen LogP contribution in [0.25, 0.3) is 0 Å². The molecular weight excluding hydrogens is 509 g/mol. The van der Waals surface area contributed by atoms with E-state index in [1.807, 2.05) is 24.3 Å². The van der Waals surface area contributed by atoms with E-state index < -0.39 is 11.6 Å². The Kier molecular flexibility index (Phi) is 8.34. The van der Waals surface area contributed by atoms with Gasteiger partial charge in [0, 0.05) is 18.0 Å². The van der Waals surface area contributed by atoms with E-state index in [2.05, 4.69) is 0 Å². The van der Waals surface area contributed by atoms with Gasteiger partial charge in [-0.2, -0.15) is 0 Å². The Labute approximate surface area is 219 Å². The molecule has 5 nitrogen and oxygen atoms in total. The molecular formula is C27H24Cl3NO4. The highest BCUT2D eigenvalue weighted by Crippen LogP contribution is 2.37. The van der Waals surface area contributed by atoms with Gasteiger partial charge in [0.05, 0.1) is 41.8 Å². The molecule has 1 unspecified atom stereocenters. The number of hydrogen-bond acceptors (Lipinski definition) is 4. The number of morpholine rings is 1. The second-order valence-corrected chi connectivity index (χ2v) is 9.60. The molecule has 1 atom stereocenters. The summed E-state index contributed by atoms with van der Waals surface area (Å²) in [6.07, 6.45) is 0.561. The molecule has 0 radical (unpaired) electrons. The van der Waals surface area contributed by atoms with Gasteiger partial charge in [-0.15, -0.1) is 0 Å². The zero-order chi connectivity index (χ0) is 24.8. The Morgan fingerprint density at radius 3 is 2.49 bits per heavy atom. The predicted octanol–water partition coefficient (Wildman–Crippen LogP) is 6.19. The van der Waals surface area contributed by atoms with Gasteiger partial charge in [0.1, 0.15) is 5.60 Å². The minimum Gasteiger partial charge on any atom is -0.462 e. The summed E-state index contributed by atoms with van der Waals surface area (Å²) in [6, 6.07) is 21.3. The van der Waals surface area contributed by atoms with Gasteiger partial charge >= 0.3 is 5.97 Å². The lowest BCUT2D eigenvalue weighted by Gasteiger charge is -2.43. The second kappa shape index (κ2) is 11.4. The molecule has 182 valence electrons. The summed E-state index contributed by atoms with van der Waals surface area (Å²) in [5, 5.41) is 1.39. The molecule has 1 aliphatic rings. The number of hydrogen-bond donors (Lipinski definition) is 0. The van der Waals surface area contributed by atoms with Crippen molar-refractivity contribution >= 4 is 46.7 Å². The molecule has 8 heteroatoms. The topological polar surface area (TPSA) is 55.8 Å². The van der Waals surface area contributed by atoms with Gasteiger partial charge < -0.3 is 14.4 Å². The summed E-state index contributed by atoms with van der Waals surface area (Å²) in [6.45, 7) is 1.16. The number of halogens is 3. The molecule has 3 aromatic rings. The standard InChI is InChI=1S/C27H24Cl3NO4/c28-22-8-4-5-19(15-22)16-25(32)31-12-14-35-27(18-31,21-9-10-23(29)24(30)17-21)11-13-34-26(33)20-6-2-1-3-7-20/h1-10,15,17H,11-14,16,18H2. The van der Waals surface area contributed by atoms with Gasteiger partial charge in [-0.25, -0.2) is 4.79 Å². The number of nitrogens with zero attached hydrogens (tertiary/aromatic N) is 1. The summed E-state index contributed by atoms with van der Waals surface area (Å²) in [5.74, 6) is -0.458. The molecule has 0 N–H and O–H groups in total. The molecule has 1 heterocycles. The first-order chi connectivity index (χ1) is 16.9. The van der Waals surface area contributed by atoms with Gasteiger partial charge in [0.15, 0.2) is 0 Å². The van der Waals surface area contributed by atoms with E-state index in [0.29, 0.717) is 40.2 Å². The lowest BCUT2D eigenvalue weighted by atomic mass is 9.88. The Morgan fingerprint density at radius 1 is 0.943 bits per heavy atom. The first kappa shape index (κ1) is 25.5. The molecule has 0 aliphatic carbocycles. The van der Waals surface area contributed by atoms with Gasteiger partial charge in [-0.1, -0.05) is 71.2 Å². The maximum absolute atomic E-state index is 13.2. The summed E-state index contributed by atoms with van der Waals surface area (Å²) in [4.78, 5) is 27.4. The zero-order valence-electron chi connectivity index (χ0n) is 18.9. The van der Waals surface area contributed by atoms with E-state index in [9.17, 15) is 9.59 Å². The van der Waals surface area contributed by atoms with E-state index in [0.717, 1.165) is 11.1 Å². The fraction of sp³-hybridized carbons (Fsp3) is 0.259. The van der Waals surface area contributed by atoms with Crippen molar-refractivity contribution in [2.24, 2.45) is 0 Å². The van der Waals surface area contributed by atoms with Crippen LogP contribution in [0.1, 0.15) is 27.9 Å². The van der Waals surface area contributed by atoms with Crippen LogP contribution >= 0.6 is 34.8 Å². The van der Waals surface area contributed by atoms with Crippen molar-refractivity contribution in [1.82, 2.24) is 4.90 Å². The maximum atomic E-state index is 13.2. The van der Waals surface area contributed by atoms with Crippen LogP contribution in [0.15, 0.2) is 72.8 Å². The highest BCUT2D eigenvalue weighted by atomic mass is 35.5. The molecule has 1 fully saturated rings. The van der Waals surface area contributed by atoms with Crippen molar-refractivity contribution in [2.75, 3.05) is 26.3 Å². The normalized spacial score (nSPS) is 17.7. The number of carbonyl (C=O) groups is 2. The van der Waals surface area contributed by atoms with Crippen LogP contribution < -0.4 is 0 Å². The zero-order valence-corrected chi connectivity index (χ0v) is 21.2. The number of esters is 1. The number of ether oxygens (including phenoxy) is 2. The van der Waals surface area contributed by atoms with Gasteiger partial charge in [-0.3, -0.25) is 4.79 Å². The third-order valence-electron chi connectivity index (χ3n) is 5.98. The molecule has 1 saturated heterocycles. The number of carbonyl (C=O) groups excluding carboxylic acids is 2. The Morgan fingerprint density at radius 2 is 1.74 bits per heavy atom. The van der Waals surface area contributed by atoms with Gasteiger partial charge in [0.2, 0.25) is 5.91 Å². The van der Waals surface area contributed by atoms with E-state index in [1.54, 1.807) is 53.4 Å². The van der Waals surface area contributed by atoms with E-state index in [1.165, 1.54) is 0 Å². The van der Waals surface area contributed by atoms with Crippen molar-refractivity contribution in [3.63, 3.8) is 0 Å². The van der Waals surface area contributed by atoms with E-state index in [4.69, 9.17) is 44.3 Å².